The summed E-state index contributed by atoms with van der Waals surface area (Å²) in [6, 6.07) is 7.92. The molecule has 0 unspecified atom stereocenters. The molecule has 0 aliphatic heterocycles. The van der Waals surface area contributed by atoms with Crippen LogP contribution in [0.3, 0.4) is 0 Å². The van der Waals surface area contributed by atoms with Crippen LogP contribution in [0, 0.1) is 0 Å². The number of aromatic nitrogens is 1. The Morgan fingerprint density at radius 3 is 2.76 bits per heavy atom. The molecule has 17 heavy (non-hydrogen) atoms. The molecule has 1 heterocycles. The minimum atomic E-state index is -0.343. The summed E-state index contributed by atoms with van der Waals surface area (Å²) < 4.78 is 4.51. The predicted octanol–water partition coefficient (Wildman–Crippen LogP) is 3.38. The summed E-state index contributed by atoms with van der Waals surface area (Å²) in [5.74, 6) is -0.343. The van der Waals surface area contributed by atoms with E-state index in [1.165, 1.54) is 13.2 Å². The lowest BCUT2D eigenvalue weighted by Gasteiger charge is -1.94. The second kappa shape index (κ2) is 6.53. The summed E-state index contributed by atoms with van der Waals surface area (Å²) in [5, 5.41) is 1.13. The van der Waals surface area contributed by atoms with Crippen LogP contribution < -0.4 is 0 Å². The summed E-state index contributed by atoms with van der Waals surface area (Å²) in [5.41, 5.74) is 2.07. The fourth-order valence-corrected chi connectivity index (χ4v) is 1.41. The Morgan fingerprint density at radius 2 is 2.06 bits per heavy atom. The van der Waals surface area contributed by atoms with Crippen molar-refractivity contribution in [2.45, 2.75) is 13.8 Å². The average Bonchev–Trinajstić information content (AvgIpc) is 2.85. The lowest BCUT2D eigenvalue weighted by molar-refractivity contribution is -0.134. The normalized spacial score (nSPS) is 10.1. The van der Waals surface area contributed by atoms with Crippen molar-refractivity contribution in [2.24, 2.45) is 0 Å². The third-order valence-corrected chi connectivity index (χ3v) is 2.19. The van der Waals surface area contributed by atoms with Crippen LogP contribution in [-0.4, -0.2) is 18.1 Å². The average molecular weight is 231 g/mol. The summed E-state index contributed by atoms with van der Waals surface area (Å²) in [6.45, 7) is 4.00. The molecule has 0 radical (unpaired) electrons. The van der Waals surface area contributed by atoms with E-state index in [1.54, 1.807) is 6.08 Å². The highest BCUT2D eigenvalue weighted by Gasteiger charge is 1.95. The number of rotatable bonds is 2. The fourth-order valence-electron chi connectivity index (χ4n) is 1.41. The van der Waals surface area contributed by atoms with Crippen molar-refractivity contribution in [3.05, 3.63) is 42.1 Å². The van der Waals surface area contributed by atoms with Gasteiger partial charge in [0, 0.05) is 17.8 Å². The molecule has 2 aromatic rings. The first kappa shape index (κ1) is 13.0. The Kier molecular flexibility index (Phi) is 5.01. The van der Waals surface area contributed by atoms with E-state index in [0.717, 1.165) is 16.5 Å². The molecule has 0 spiro atoms. The van der Waals surface area contributed by atoms with E-state index in [2.05, 4.69) is 9.72 Å². The second-order valence-electron chi connectivity index (χ2n) is 3.18. The van der Waals surface area contributed by atoms with Crippen molar-refractivity contribution >= 4 is 22.9 Å². The molecule has 1 N–H and O–H groups in total. The maximum Gasteiger partial charge on any atom is 0.330 e. The van der Waals surface area contributed by atoms with E-state index in [0.29, 0.717) is 0 Å². The highest BCUT2D eigenvalue weighted by molar-refractivity contribution is 5.88. The summed E-state index contributed by atoms with van der Waals surface area (Å²) in [6.07, 6.45) is 5.03. The van der Waals surface area contributed by atoms with Gasteiger partial charge in [-0.3, -0.25) is 0 Å². The number of benzene rings is 1. The summed E-state index contributed by atoms with van der Waals surface area (Å²) in [4.78, 5) is 14.0. The van der Waals surface area contributed by atoms with Crippen LogP contribution in [0.5, 0.6) is 0 Å². The van der Waals surface area contributed by atoms with E-state index in [-0.39, 0.29) is 5.97 Å². The number of hydrogen-bond donors (Lipinski definition) is 1. The number of hydrogen-bond acceptors (Lipinski definition) is 2. The number of fused-ring (bicyclic) bond motifs is 1. The number of H-pyrrole nitrogens is 1. The zero-order valence-corrected chi connectivity index (χ0v) is 10.4. The third-order valence-electron chi connectivity index (χ3n) is 2.19. The second-order valence-corrected chi connectivity index (χ2v) is 3.18. The van der Waals surface area contributed by atoms with E-state index in [1.807, 2.05) is 44.3 Å². The van der Waals surface area contributed by atoms with Crippen LogP contribution in [0.1, 0.15) is 19.4 Å². The first-order valence-electron chi connectivity index (χ1n) is 5.63. The molecule has 0 aliphatic carbocycles. The van der Waals surface area contributed by atoms with Gasteiger partial charge in [-0.2, -0.15) is 0 Å². The van der Waals surface area contributed by atoms with Crippen LogP contribution in [0.15, 0.2) is 36.5 Å². The first-order valence-corrected chi connectivity index (χ1v) is 5.63. The van der Waals surface area contributed by atoms with Crippen molar-refractivity contribution < 1.29 is 9.53 Å². The topological polar surface area (TPSA) is 42.1 Å². The molecule has 0 saturated heterocycles. The Morgan fingerprint density at radius 1 is 1.29 bits per heavy atom. The minimum Gasteiger partial charge on any atom is -0.466 e. The monoisotopic (exact) mass is 231 g/mol. The smallest absolute Gasteiger partial charge is 0.330 e. The molecule has 1 aromatic heterocycles. The number of carbonyl (C=O) groups excluding carboxylic acids is 1. The molecule has 0 fully saturated rings. The standard InChI is InChI=1S/C12H11NO2.C2H6/c1-15-12(14)5-3-9-2-4-11-10(8-9)6-7-13-11;1-2/h2-8,13H,1H3;1-2H3/b5-3+;. The number of methoxy groups -OCH3 is 1. The van der Waals surface area contributed by atoms with E-state index in [9.17, 15) is 4.79 Å². The Balaban J connectivity index is 0.000000686. The first-order chi connectivity index (χ1) is 8.29. The highest BCUT2D eigenvalue weighted by Crippen LogP contribution is 2.15. The predicted molar refractivity (Wildman–Crippen MR) is 70.7 cm³/mol. The van der Waals surface area contributed by atoms with Crippen molar-refractivity contribution in [3.63, 3.8) is 0 Å². The zero-order chi connectivity index (χ0) is 12.7. The zero-order valence-electron chi connectivity index (χ0n) is 10.4. The molecule has 2 rings (SSSR count). The van der Waals surface area contributed by atoms with Gasteiger partial charge in [-0.15, -0.1) is 0 Å². The van der Waals surface area contributed by atoms with Crippen molar-refractivity contribution in [3.8, 4) is 0 Å². The molecule has 0 amide bonds. The lowest BCUT2D eigenvalue weighted by Crippen LogP contribution is -1.93. The van der Waals surface area contributed by atoms with E-state index < -0.39 is 0 Å². The molecule has 0 aliphatic rings. The highest BCUT2D eigenvalue weighted by atomic mass is 16.5. The molecule has 0 bridgehead atoms. The van der Waals surface area contributed by atoms with Crippen molar-refractivity contribution in [1.29, 1.82) is 0 Å². The Labute approximate surface area is 101 Å². The van der Waals surface area contributed by atoms with Gasteiger partial charge in [0.2, 0.25) is 0 Å². The Hall–Kier alpha value is -2.03. The van der Waals surface area contributed by atoms with Crippen LogP contribution >= 0.6 is 0 Å². The maximum absolute atomic E-state index is 10.9. The largest absolute Gasteiger partial charge is 0.466 e. The molecule has 3 heteroatoms. The molecule has 0 saturated carbocycles. The van der Waals surface area contributed by atoms with Gasteiger partial charge in [0.25, 0.3) is 0 Å². The number of aromatic amines is 1. The molecule has 90 valence electrons. The SMILES string of the molecule is CC.COC(=O)/C=C/c1ccc2[nH]ccc2c1. The summed E-state index contributed by atoms with van der Waals surface area (Å²) >= 11 is 0. The van der Waals surface area contributed by atoms with Crippen molar-refractivity contribution in [2.75, 3.05) is 7.11 Å². The molecular formula is C14H17NO2. The van der Waals surface area contributed by atoms with Gasteiger partial charge in [0.15, 0.2) is 0 Å². The van der Waals surface area contributed by atoms with Gasteiger partial charge in [0.1, 0.15) is 0 Å². The molecule has 3 nitrogen and oxygen atoms in total. The molecule has 0 atom stereocenters. The Bertz CT molecular complexity index is 512. The van der Waals surface area contributed by atoms with E-state index >= 15 is 0 Å². The molecular weight excluding hydrogens is 214 g/mol. The van der Waals surface area contributed by atoms with E-state index in [4.69, 9.17) is 0 Å². The van der Waals surface area contributed by atoms with Gasteiger partial charge in [-0.05, 0) is 35.2 Å². The number of carbonyl (C=O) groups is 1. The van der Waals surface area contributed by atoms with Gasteiger partial charge < -0.3 is 9.72 Å². The fraction of sp³-hybridized carbons (Fsp3) is 0.214. The number of ether oxygens (including phenoxy) is 1. The third kappa shape index (κ3) is 3.48. The van der Waals surface area contributed by atoms with Crippen LogP contribution in [0.4, 0.5) is 0 Å². The van der Waals surface area contributed by atoms with Gasteiger partial charge >= 0.3 is 5.97 Å². The van der Waals surface area contributed by atoms with Gasteiger partial charge in [-0.25, -0.2) is 4.79 Å². The van der Waals surface area contributed by atoms with Crippen molar-refractivity contribution in [1.82, 2.24) is 4.98 Å². The van der Waals surface area contributed by atoms with Gasteiger partial charge in [-0.1, -0.05) is 19.9 Å². The van der Waals surface area contributed by atoms with Crippen LogP contribution in [0.2, 0.25) is 0 Å². The van der Waals surface area contributed by atoms with Crippen LogP contribution in [-0.2, 0) is 9.53 Å². The minimum absolute atomic E-state index is 0.343. The summed E-state index contributed by atoms with van der Waals surface area (Å²) in [7, 11) is 1.36. The lowest BCUT2D eigenvalue weighted by atomic mass is 10.1. The number of nitrogens with one attached hydrogen (secondary N) is 1. The van der Waals surface area contributed by atoms with Crippen LogP contribution in [0.25, 0.3) is 17.0 Å². The maximum atomic E-state index is 10.9. The quantitative estimate of drug-likeness (QED) is 0.636. The molecule has 1 aromatic carbocycles. The van der Waals surface area contributed by atoms with Gasteiger partial charge in [0.05, 0.1) is 7.11 Å². The number of esters is 1.